The van der Waals surface area contributed by atoms with Crippen molar-refractivity contribution in [3.8, 4) is 17.2 Å². The van der Waals surface area contributed by atoms with Crippen LogP contribution in [0.2, 0.25) is 0 Å². The zero-order valence-electron chi connectivity index (χ0n) is 23.1. The second-order valence-corrected chi connectivity index (χ2v) is 10.4. The molecule has 1 saturated heterocycles. The van der Waals surface area contributed by atoms with Crippen LogP contribution in [0.15, 0.2) is 72.8 Å². The minimum Gasteiger partial charge on any atom is -0.493 e. The number of benzene rings is 3. The third-order valence-corrected chi connectivity index (χ3v) is 7.40. The molecule has 0 saturated carbocycles. The molecule has 204 valence electrons. The monoisotopic (exact) mass is 518 g/mol. The molecule has 3 aromatic carbocycles. The van der Waals surface area contributed by atoms with Crippen LogP contribution in [0.1, 0.15) is 56.3 Å². The summed E-state index contributed by atoms with van der Waals surface area (Å²) < 4.78 is 17.3. The first-order valence-corrected chi connectivity index (χ1v) is 13.7. The highest BCUT2D eigenvalue weighted by Gasteiger charge is 2.23. The molecule has 0 bridgehead atoms. The van der Waals surface area contributed by atoms with Crippen molar-refractivity contribution in [1.29, 1.82) is 0 Å². The largest absolute Gasteiger partial charge is 0.493 e. The molecule has 2 unspecified atom stereocenters. The Hall–Kier alpha value is -3.22. The fourth-order valence-electron chi connectivity index (χ4n) is 5.02. The van der Waals surface area contributed by atoms with E-state index in [1.54, 1.807) is 14.2 Å². The summed E-state index contributed by atoms with van der Waals surface area (Å²) in [5.41, 5.74) is 3.51. The Bertz CT molecular complexity index is 1130. The van der Waals surface area contributed by atoms with Crippen molar-refractivity contribution in [2.45, 2.75) is 51.4 Å². The zero-order valence-corrected chi connectivity index (χ0v) is 23.1. The van der Waals surface area contributed by atoms with Crippen molar-refractivity contribution < 1.29 is 19.3 Å². The number of anilines is 1. The van der Waals surface area contributed by atoms with Gasteiger partial charge < -0.3 is 29.5 Å². The van der Waals surface area contributed by atoms with E-state index in [-0.39, 0.29) is 12.0 Å². The molecule has 1 aliphatic heterocycles. The van der Waals surface area contributed by atoms with Gasteiger partial charge in [0.2, 0.25) is 0 Å². The normalized spacial score (nSPS) is 16.2. The van der Waals surface area contributed by atoms with Gasteiger partial charge in [0, 0.05) is 24.7 Å². The van der Waals surface area contributed by atoms with E-state index < -0.39 is 6.23 Å². The van der Waals surface area contributed by atoms with E-state index in [1.807, 2.05) is 44.2 Å². The number of hydrogen-bond donors (Lipinski definition) is 2. The molecule has 3 aromatic rings. The summed E-state index contributed by atoms with van der Waals surface area (Å²) in [5, 5.41) is 13.4. The van der Waals surface area contributed by atoms with Gasteiger partial charge in [-0.1, -0.05) is 56.3 Å². The second-order valence-electron chi connectivity index (χ2n) is 10.4. The van der Waals surface area contributed by atoms with Gasteiger partial charge in [-0.2, -0.15) is 0 Å². The molecule has 0 aromatic heterocycles. The molecule has 0 radical (unpaired) electrons. The molecule has 4 rings (SSSR count). The quantitative estimate of drug-likeness (QED) is 0.268. The van der Waals surface area contributed by atoms with Gasteiger partial charge in [0.25, 0.3) is 0 Å². The Morgan fingerprint density at radius 2 is 1.63 bits per heavy atom. The van der Waals surface area contributed by atoms with Gasteiger partial charge in [-0.3, -0.25) is 0 Å². The summed E-state index contributed by atoms with van der Waals surface area (Å²) in [6.07, 6.45) is 2.56. The van der Waals surface area contributed by atoms with Gasteiger partial charge in [-0.25, -0.2) is 0 Å². The number of aliphatic hydroxyl groups is 1. The van der Waals surface area contributed by atoms with E-state index in [4.69, 9.17) is 14.2 Å². The summed E-state index contributed by atoms with van der Waals surface area (Å²) in [4.78, 5) is 2.55. The Kier molecular flexibility index (Phi) is 9.91. The molecular weight excluding hydrogens is 476 g/mol. The standard InChI is InChI=1S/C32H42N2O4/c1-23(2)32(35)33-27-12-8-11-26(21-27)24-15-18-34(19-16-24)20-17-29(25-9-6-5-7-10-25)38-28-13-14-30(36-3)31(22-28)37-4/h5-14,21-24,29,32-33,35H,15-20H2,1-4H3. The van der Waals surface area contributed by atoms with Crippen molar-refractivity contribution in [1.82, 2.24) is 4.90 Å². The number of rotatable bonds is 12. The van der Waals surface area contributed by atoms with Crippen molar-refractivity contribution >= 4 is 5.69 Å². The molecule has 0 amide bonds. The summed E-state index contributed by atoms with van der Waals surface area (Å²) in [5.74, 6) is 2.83. The first kappa shape index (κ1) is 27.8. The van der Waals surface area contributed by atoms with Gasteiger partial charge >= 0.3 is 0 Å². The zero-order chi connectivity index (χ0) is 26.9. The highest BCUT2D eigenvalue weighted by molar-refractivity contribution is 5.47. The van der Waals surface area contributed by atoms with Crippen LogP contribution in [0, 0.1) is 5.92 Å². The first-order valence-electron chi connectivity index (χ1n) is 13.7. The maximum atomic E-state index is 10.2. The lowest BCUT2D eigenvalue weighted by Crippen LogP contribution is -2.34. The average Bonchev–Trinajstić information content (AvgIpc) is 2.96. The van der Waals surface area contributed by atoms with Gasteiger partial charge in [-0.15, -0.1) is 0 Å². The van der Waals surface area contributed by atoms with Crippen molar-refractivity contribution in [3.05, 3.63) is 83.9 Å². The number of likely N-dealkylation sites (tertiary alicyclic amines) is 1. The minimum atomic E-state index is -0.536. The van der Waals surface area contributed by atoms with Crippen LogP contribution in [-0.4, -0.2) is 50.1 Å². The number of ether oxygens (including phenoxy) is 3. The molecule has 0 spiro atoms. The molecule has 38 heavy (non-hydrogen) atoms. The number of hydrogen-bond acceptors (Lipinski definition) is 6. The van der Waals surface area contributed by atoms with Crippen molar-refractivity contribution in [2.24, 2.45) is 5.92 Å². The van der Waals surface area contributed by atoms with Gasteiger partial charge in [0.1, 0.15) is 18.1 Å². The fraction of sp³-hybridized carbons (Fsp3) is 0.438. The van der Waals surface area contributed by atoms with Crippen molar-refractivity contribution in [2.75, 3.05) is 39.2 Å². The van der Waals surface area contributed by atoms with Crippen LogP contribution < -0.4 is 19.5 Å². The Labute approximate surface area is 227 Å². The van der Waals surface area contributed by atoms with E-state index >= 15 is 0 Å². The highest BCUT2D eigenvalue weighted by Crippen LogP contribution is 2.35. The summed E-state index contributed by atoms with van der Waals surface area (Å²) in [6.45, 7) is 7.13. The number of methoxy groups -OCH3 is 2. The molecule has 1 heterocycles. The van der Waals surface area contributed by atoms with Crippen LogP contribution in [0.25, 0.3) is 0 Å². The van der Waals surface area contributed by atoms with E-state index in [2.05, 4.69) is 52.7 Å². The molecule has 6 nitrogen and oxygen atoms in total. The molecule has 0 aliphatic carbocycles. The first-order chi connectivity index (χ1) is 18.5. The van der Waals surface area contributed by atoms with Gasteiger partial charge in [0.05, 0.1) is 14.2 Å². The van der Waals surface area contributed by atoms with Gasteiger partial charge in [0.15, 0.2) is 11.5 Å². The maximum Gasteiger partial charge on any atom is 0.164 e. The van der Waals surface area contributed by atoms with Crippen LogP contribution in [0.4, 0.5) is 5.69 Å². The SMILES string of the molecule is COc1ccc(OC(CCN2CCC(c3cccc(NC(O)C(C)C)c3)CC2)c2ccccc2)cc1OC. The van der Waals surface area contributed by atoms with Crippen LogP contribution in [-0.2, 0) is 0 Å². The molecule has 2 N–H and O–H groups in total. The fourth-order valence-corrected chi connectivity index (χ4v) is 5.02. The lowest BCUT2D eigenvalue weighted by atomic mass is 9.89. The van der Waals surface area contributed by atoms with Crippen molar-refractivity contribution in [3.63, 3.8) is 0 Å². The third-order valence-electron chi connectivity index (χ3n) is 7.40. The number of nitrogens with one attached hydrogen (secondary N) is 1. The minimum absolute atomic E-state index is 0.0536. The average molecular weight is 519 g/mol. The van der Waals surface area contributed by atoms with E-state index in [0.29, 0.717) is 17.4 Å². The topological polar surface area (TPSA) is 63.2 Å². The summed E-state index contributed by atoms with van der Waals surface area (Å²) in [6, 6.07) is 24.7. The van der Waals surface area contributed by atoms with Crippen LogP contribution in [0.3, 0.4) is 0 Å². The summed E-state index contributed by atoms with van der Waals surface area (Å²) in [7, 11) is 3.28. The number of piperidine rings is 1. The predicted octanol–water partition coefficient (Wildman–Crippen LogP) is 6.48. The van der Waals surface area contributed by atoms with Crippen LogP contribution >= 0.6 is 0 Å². The van der Waals surface area contributed by atoms with E-state index in [9.17, 15) is 5.11 Å². The predicted molar refractivity (Wildman–Crippen MR) is 153 cm³/mol. The Balaban J connectivity index is 1.35. The third kappa shape index (κ3) is 7.42. The van der Waals surface area contributed by atoms with E-state index in [1.165, 1.54) is 11.1 Å². The van der Waals surface area contributed by atoms with Gasteiger partial charge in [-0.05, 0) is 73.2 Å². The molecule has 1 aliphatic rings. The Morgan fingerprint density at radius 3 is 2.32 bits per heavy atom. The molecule has 6 heteroatoms. The number of nitrogens with zero attached hydrogens (tertiary/aromatic N) is 1. The lowest BCUT2D eigenvalue weighted by molar-refractivity contribution is 0.147. The Morgan fingerprint density at radius 1 is 0.895 bits per heavy atom. The maximum absolute atomic E-state index is 10.2. The number of aliphatic hydroxyl groups excluding tert-OH is 1. The summed E-state index contributed by atoms with van der Waals surface area (Å²) >= 11 is 0. The molecule has 1 fully saturated rings. The molecule has 2 atom stereocenters. The van der Waals surface area contributed by atoms with E-state index in [0.717, 1.165) is 50.3 Å². The highest BCUT2D eigenvalue weighted by atomic mass is 16.5. The molecular formula is C32H42N2O4. The second kappa shape index (κ2) is 13.5. The lowest BCUT2D eigenvalue weighted by Gasteiger charge is -2.33. The van der Waals surface area contributed by atoms with Crippen LogP contribution in [0.5, 0.6) is 17.2 Å². The smallest absolute Gasteiger partial charge is 0.164 e.